The summed E-state index contributed by atoms with van der Waals surface area (Å²) in [6.07, 6.45) is -1.95. The number of ether oxygens (including phenoxy) is 1. The summed E-state index contributed by atoms with van der Waals surface area (Å²) in [5.41, 5.74) is -0.944. The van der Waals surface area contributed by atoms with Crippen LogP contribution in [0.4, 0.5) is 19.0 Å². The van der Waals surface area contributed by atoms with E-state index in [1.54, 1.807) is 11.9 Å². The quantitative estimate of drug-likeness (QED) is 0.856. The number of alkyl halides is 3. The van der Waals surface area contributed by atoms with Crippen LogP contribution in [0.15, 0.2) is 12.4 Å². The highest BCUT2D eigenvalue weighted by atomic mass is 19.4. The molecule has 2 saturated heterocycles. The van der Waals surface area contributed by atoms with Gasteiger partial charge in [-0.1, -0.05) is 0 Å². The summed E-state index contributed by atoms with van der Waals surface area (Å²) < 4.78 is 43.7. The molecule has 3 rings (SSSR count). The van der Waals surface area contributed by atoms with Crippen molar-refractivity contribution in [3.05, 3.63) is 18.1 Å². The van der Waals surface area contributed by atoms with E-state index >= 15 is 0 Å². The molecular weight excluding hydrogens is 351 g/mol. The number of carbonyl (C=O) groups excluding carboxylic acids is 1. The molecule has 26 heavy (non-hydrogen) atoms. The molecule has 2 fully saturated rings. The molecule has 0 aromatic carbocycles. The number of rotatable bonds is 4. The van der Waals surface area contributed by atoms with Gasteiger partial charge in [-0.25, -0.2) is 9.97 Å². The van der Waals surface area contributed by atoms with Gasteiger partial charge in [0.2, 0.25) is 5.91 Å². The van der Waals surface area contributed by atoms with Gasteiger partial charge in [-0.3, -0.25) is 4.79 Å². The molecule has 10 heteroatoms. The first kappa shape index (κ1) is 18.8. The third-order valence-corrected chi connectivity index (χ3v) is 4.70. The number of nitrogens with one attached hydrogen (secondary N) is 1. The minimum Gasteiger partial charge on any atom is -0.367 e. The van der Waals surface area contributed by atoms with Crippen molar-refractivity contribution in [2.75, 3.05) is 45.2 Å². The smallest absolute Gasteiger partial charge is 0.367 e. The van der Waals surface area contributed by atoms with Gasteiger partial charge in [-0.05, 0) is 12.8 Å². The normalized spacial score (nSPS) is 23.3. The van der Waals surface area contributed by atoms with E-state index < -0.39 is 11.9 Å². The van der Waals surface area contributed by atoms with Gasteiger partial charge < -0.3 is 19.9 Å². The fourth-order valence-corrected chi connectivity index (χ4v) is 3.22. The Hall–Kier alpha value is -1.94. The maximum Gasteiger partial charge on any atom is 0.433 e. The topological polar surface area (TPSA) is 70.6 Å². The Bertz CT molecular complexity index is 635. The van der Waals surface area contributed by atoms with Gasteiger partial charge in [0.05, 0.1) is 6.10 Å². The molecule has 0 aliphatic carbocycles. The first-order valence-corrected chi connectivity index (χ1v) is 8.55. The monoisotopic (exact) mass is 373 g/mol. The van der Waals surface area contributed by atoms with Crippen molar-refractivity contribution in [1.29, 1.82) is 0 Å². The zero-order valence-corrected chi connectivity index (χ0v) is 14.5. The lowest BCUT2D eigenvalue weighted by Crippen LogP contribution is -2.50. The number of halogens is 3. The Morgan fingerprint density at radius 1 is 1.31 bits per heavy atom. The lowest BCUT2D eigenvalue weighted by molar-refractivity contribution is -0.148. The van der Waals surface area contributed by atoms with Gasteiger partial charge in [0.25, 0.3) is 0 Å². The number of amides is 1. The molecule has 1 unspecified atom stereocenters. The van der Waals surface area contributed by atoms with Crippen LogP contribution in [0.25, 0.3) is 0 Å². The van der Waals surface area contributed by atoms with Crippen molar-refractivity contribution in [3.63, 3.8) is 0 Å². The molecule has 2 aliphatic heterocycles. The van der Waals surface area contributed by atoms with Crippen molar-refractivity contribution in [3.8, 4) is 0 Å². The predicted molar refractivity (Wildman–Crippen MR) is 87.5 cm³/mol. The Balaban J connectivity index is 1.46. The highest BCUT2D eigenvalue weighted by Gasteiger charge is 2.33. The van der Waals surface area contributed by atoms with E-state index in [0.717, 1.165) is 44.9 Å². The molecule has 3 heterocycles. The van der Waals surface area contributed by atoms with Crippen molar-refractivity contribution in [2.24, 2.45) is 0 Å². The summed E-state index contributed by atoms with van der Waals surface area (Å²) in [5, 5.41) is 3.07. The van der Waals surface area contributed by atoms with E-state index in [4.69, 9.17) is 4.74 Å². The van der Waals surface area contributed by atoms with Crippen LogP contribution < -0.4 is 5.32 Å². The summed E-state index contributed by atoms with van der Waals surface area (Å²) in [6.45, 7) is 3.07. The summed E-state index contributed by atoms with van der Waals surface area (Å²) in [6, 6.07) is 1.01. The SMILES string of the molecule is CN1CC(CN2CCC(Nc3cc(C(F)(F)F)ncn3)CC2)OCC1=O. The number of anilines is 1. The van der Waals surface area contributed by atoms with Crippen LogP contribution in [0.5, 0.6) is 0 Å². The second-order valence-corrected chi connectivity index (χ2v) is 6.71. The summed E-state index contributed by atoms with van der Waals surface area (Å²) in [4.78, 5) is 22.5. The zero-order chi connectivity index (χ0) is 18.7. The second kappa shape index (κ2) is 7.75. The summed E-state index contributed by atoms with van der Waals surface area (Å²) in [7, 11) is 1.77. The first-order valence-electron chi connectivity index (χ1n) is 8.55. The van der Waals surface area contributed by atoms with Crippen LogP contribution in [-0.4, -0.2) is 77.7 Å². The highest BCUT2D eigenvalue weighted by Crippen LogP contribution is 2.28. The molecule has 0 spiro atoms. The van der Waals surface area contributed by atoms with E-state index in [2.05, 4.69) is 20.2 Å². The Morgan fingerprint density at radius 3 is 2.69 bits per heavy atom. The van der Waals surface area contributed by atoms with E-state index in [0.29, 0.717) is 6.54 Å². The molecule has 144 valence electrons. The largest absolute Gasteiger partial charge is 0.433 e. The molecule has 1 aromatic rings. The van der Waals surface area contributed by atoms with Gasteiger partial charge >= 0.3 is 6.18 Å². The molecule has 1 aromatic heterocycles. The molecular formula is C16H22F3N5O2. The lowest BCUT2D eigenvalue weighted by Gasteiger charge is -2.37. The van der Waals surface area contributed by atoms with Gasteiger partial charge in [0.15, 0.2) is 0 Å². The Morgan fingerprint density at radius 2 is 2.04 bits per heavy atom. The average molecular weight is 373 g/mol. The summed E-state index contributed by atoms with van der Waals surface area (Å²) >= 11 is 0. The number of carbonyl (C=O) groups is 1. The van der Waals surface area contributed by atoms with Gasteiger partial charge in [0, 0.05) is 45.3 Å². The molecule has 1 N–H and O–H groups in total. The standard InChI is InChI=1S/C16H22F3N5O2/c1-23-7-12(26-9-15(23)25)8-24-4-2-11(3-5-24)22-14-6-13(16(17,18)19)20-10-21-14/h6,10-12H,2-5,7-9H2,1H3,(H,20,21,22). The van der Waals surface area contributed by atoms with Crippen LogP contribution in [0.2, 0.25) is 0 Å². The van der Waals surface area contributed by atoms with Crippen LogP contribution >= 0.6 is 0 Å². The number of piperidine rings is 1. The molecule has 0 bridgehead atoms. The summed E-state index contributed by atoms with van der Waals surface area (Å²) in [5.74, 6) is 0.189. The minimum absolute atomic E-state index is 0.00147. The molecule has 2 aliphatic rings. The molecule has 7 nitrogen and oxygen atoms in total. The maximum absolute atomic E-state index is 12.7. The second-order valence-electron chi connectivity index (χ2n) is 6.71. The van der Waals surface area contributed by atoms with Crippen LogP contribution in [0.3, 0.4) is 0 Å². The average Bonchev–Trinajstić information content (AvgIpc) is 2.59. The molecule has 0 radical (unpaired) electrons. The number of likely N-dealkylation sites (N-methyl/N-ethyl adjacent to an activating group) is 1. The van der Waals surface area contributed by atoms with Crippen molar-refractivity contribution < 1.29 is 22.7 Å². The van der Waals surface area contributed by atoms with Crippen molar-refractivity contribution in [1.82, 2.24) is 19.8 Å². The van der Waals surface area contributed by atoms with E-state index in [1.807, 2.05) is 0 Å². The number of morpholine rings is 1. The number of likely N-dealkylation sites (tertiary alicyclic amines) is 1. The van der Waals surface area contributed by atoms with Crippen molar-refractivity contribution in [2.45, 2.75) is 31.2 Å². The van der Waals surface area contributed by atoms with E-state index in [9.17, 15) is 18.0 Å². The number of aromatic nitrogens is 2. The Kier molecular flexibility index (Phi) is 5.61. The lowest BCUT2D eigenvalue weighted by atomic mass is 10.0. The number of hydrogen-bond donors (Lipinski definition) is 1. The highest BCUT2D eigenvalue weighted by molar-refractivity contribution is 5.77. The maximum atomic E-state index is 12.7. The third-order valence-electron chi connectivity index (χ3n) is 4.70. The van der Waals surface area contributed by atoms with Crippen molar-refractivity contribution >= 4 is 11.7 Å². The predicted octanol–water partition coefficient (Wildman–Crippen LogP) is 1.23. The van der Waals surface area contributed by atoms with E-state index in [-0.39, 0.29) is 30.5 Å². The Labute approximate surface area is 149 Å². The number of nitrogens with zero attached hydrogens (tertiary/aromatic N) is 4. The van der Waals surface area contributed by atoms with E-state index in [1.165, 1.54) is 0 Å². The first-order chi connectivity index (χ1) is 12.3. The van der Waals surface area contributed by atoms with Gasteiger partial charge in [-0.2, -0.15) is 13.2 Å². The van der Waals surface area contributed by atoms with Crippen LogP contribution in [0, 0.1) is 0 Å². The molecule has 0 saturated carbocycles. The van der Waals surface area contributed by atoms with Crippen LogP contribution in [0.1, 0.15) is 18.5 Å². The molecule has 1 amide bonds. The zero-order valence-electron chi connectivity index (χ0n) is 14.5. The van der Waals surface area contributed by atoms with Crippen LogP contribution in [-0.2, 0) is 15.7 Å². The fourth-order valence-electron chi connectivity index (χ4n) is 3.22. The van der Waals surface area contributed by atoms with Gasteiger partial charge in [-0.15, -0.1) is 0 Å². The van der Waals surface area contributed by atoms with Gasteiger partial charge in [0.1, 0.15) is 24.4 Å². The fraction of sp³-hybridized carbons (Fsp3) is 0.688. The minimum atomic E-state index is -4.47. The number of hydrogen-bond acceptors (Lipinski definition) is 6. The molecule has 1 atom stereocenters. The third kappa shape index (κ3) is 4.82.